The van der Waals surface area contributed by atoms with Crippen LogP contribution in [-0.4, -0.2) is 30.4 Å². The van der Waals surface area contributed by atoms with Gasteiger partial charge in [0.05, 0.1) is 23.6 Å². The van der Waals surface area contributed by atoms with Gasteiger partial charge in [-0.15, -0.1) is 5.92 Å². The van der Waals surface area contributed by atoms with Crippen LogP contribution < -0.4 is 5.69 Å². The molecule has 24 heavy (non-hydrogen) atoms. The first kappa shape index (κ1) is 16.2. The summed E-state index contributed by atoms with van der Waals surface area (Å²) in [5, 5.41) is 14.1. The highest BCUT2D eigenvalue weighted by atomic mass is 32.2. The highest BCUT2D eigenvalue weighted by Gasteiger charge is 2.18. The number of hydrogen-bond acceptors (Lipinski definition) is 5. The molecule has 122 valence electrons. The predicted octanol–water partition coefficient (Wildman–Crippen LogP) is 1.83. The van der Waals surface area contributed by atoms with E-state index in [1.807, 2.05) is 0 Å². The molecule has 0 atom stereocenters. The van der Waals surface area contributed by atoms with Crippen molar-refractivity contribution >= 4 is 17.4 Å². The van der Waals surface area contributed by atoms with Gasteiger partial charge in [0.25, 0.3) is 0 Å². The van der Waals surface area contributed by atoms with E-state index >= 15 is 0 Å². The van der Waals surface area contributed by atoms with Gasteiger partial charge in [0.2, 0.25) is 0 Å². The van der Waals surface area contributed by atoms with Crippen LogP contribution in [0.25, 0.3) is 16.8 Å². The maximum atomic E-state index is 13.2. The normalized spacial score (nSPS) is 10.6. The molecule has 2 N–H and O–H groups in total. The summed E-state index contributed by atoms with van der Waals surface area (Å²) >= 11 is 1.29. The zero-order valence-corrected chi connectivity index (χ0v) is 13.5. The third-order valence-corrected chi connectivity index (χ3v) is 4.04. The second-order valence-electron chi connectivity index (χ2n) is 4.78. The Morgan fingerprint density at radius 2 is 2.12 bits per heavy atom. The number of benzene rings is 1. The third-order valence-electron chi connectivity index (χ3n) is 3.29. The van der Waals surface area contributed by atoms with E-state index in [-0.39, 0.29) is 12.4 Å². The Hall–Kier alpha value is -2.63. The van der Waals surface area contributed by atoms with Gasteiger partial charge in [-0.2, -0.15) is 9.61 Å². The van der Waals surface area contributed by atoms with Gasteiger partial charge in [-0.25, -0.2) is 14.2 Å². The first-order valence-corrected chi connectivity index (χ1v) is 8.03. The monoisotopic (exact) mass is 344 g/mol. The molecule has 8 heteroatoms. The van der Waals surface area contributed by atoms with Crippen LogP contribution in [0.2, 0.25) is 0 Å². The molecule has 1 aromatic carbocycles. The zero-order valence-electron chi connectivity index (χ0n) is 12.7. The minimum Gasteiger partial charge on any atom is -0.390 e. The molecule has 2 aromatic heterocycles. The number of aliphatic hydroxyl groups is 1. The van der Waals surface area contributed by atoms with E-state index < -0.39 is 5.69 Å². The average molecular weight is 344 g/mol. The molecule has 0 saturated heterocycles. The molecule has 3 rings (SSSR count). The number of H-pyrrole nitrogens is 1. The van der Waals surface area contributed by atoms with Crippen molar-refractivity contribution < 1.29 is 9.50 Å². The fraction of sp³-hybridized carbons (Fsp3) is 0.188. The van der Waals surface area contributed by atoms with Crippen molar-refractivity contribution in [3.05, 3.63) is 46.3 Å². The molecule has 6 nitrogen and oxygen atoms in total. The lowest BCUT2D eigenvalue weighted by Crippen LogP contribution is -2.19. The van der Waals surface area contributed by atoms with Crippen molar-refractivity contribution in [2.75, 3.05) is 5.75 Å². The van der Waals surface area contributed by atoms with Gasteiger partial charge in [0.15, 0.2) is 10.8 Å². The molecule has 0 aliphatic heterocycles. The number of nitrogens with one attached hydrogen (secondary N) is 1. The quantitative estimate of drug-likeness (QED) is 0.557. The van der Waals surface area contributed by atoms with Crippen LogP contribution in [-0.2, 0) is 6.61 Å². The van der Waals surface area contributed by atoms with Crippen LogP contribution in [0.15, 0.2) is 34.2 Å². The van der Waals surface area contributed by atoms with Gasteiger partial charge in [0, 0.05) is 0 Å². The summed E-state index contributed by atoms with van der Waals surface area (Å²) in [4.78, 5) is 19.2. The SMILES string of the molecule is CC#CCSc1nc2c(-c3ccc(F)cc3)c(CO)nn2c(=O)[nH]1. The van der Waals surface area contributed by atoms with E-state index in [0.29, 0.717) is 33.4 Å². The molecular formula is C16H13FN4O2S. The van der Waals surface area contributed by atoms with E-state index in [9.17, 15) is 14.3 Å². The van der Waals surface area contributed by atoms with Crippen LogP contribution in [0.3, 0.4) is 0 Å². The molecule has 0 saturated carbocycles. The summed E-state index contributed by atoms with van der Waals surface area (Å²) in [5.74, 6) is 5.76. The number of fused-ring (bicyclic) bond motifs is 1. The van der Waals surface area contributed by atoms with Crippen molar-refractivity contribution in [3.8, 4) is 23.0 Å². The second kappa shape index (κ2) is 6.86. The van der Waals surface area contributed by atoms with Gasteiger partial charge >= 0.3 is 5.69 Å². The summed E-state index contributed by atoms with van der Waals surface area (Å²) in [6, 6.07) is 5.73. The summed E-state index contributed by atoms with van der Waals surface area (Å²) in [6.07, 6.45) is 0. The number of halogens is 1. The van der Waals surface area contributed by atoms with E-state index in [2.05, 4.69) is 26.9 Å². The number of aliphatic hydroxyl groups excluding tert-OH is 1. The second-order valence-corrected chi connectivity index (χ2v) is 5.75. The number of nitrogens with zero attached hydrogens (tertiary/aromatic N) is 3. The zero-order chi connectivity index (χ0) is 17.1. The highest BCUT2D eigenvalue weighted by Crippen LogP contribution is 2.28. The highest BCUT2D eigenvalue weighted by molar-refractivity contribution is 7.99. The van der Waals surface area contributed by atoms with Crippen molar-refractivity contribution in [3.63, 3.8) is 0 Å². The summed E-state index contributed by atoms with van der Waals surface area (Å²) in [5.41, 5.74) is 1.27. The van der Waals surface area contributed by atoms with Crippen molar-refractivity contribution in [1.29, 1.82) is 0 Å². The number of thioether (sulfide) groups is 1. The molecule has 0 aliphatic rings. The van der Waals surface area contributed by atoms with Crippen molar-refractivity contribution in [1.82, 2.24) is 19.6 Å². The molecule has 0 radical (unpaired) electrons. The van der Waals surface area contributed by atoms with E-state index in [1.54, 1.807) is 19.1 Å². The molecular weight excluding hydrogens is 331 g/mol. The minimum absolute atomic E-state index is 0.301. The molecule has 0 amide bonds. The topological polar surface area (TPSA) is 83.3 Å². The molecule has 2 heterocycles. The maximum absolute atomic E-state index is 13.2. The van der Waals surface area contributed by atoms with E-state index in [0.717, 1.165) is 4.52 Å². The maximum Gasteiger partial charge on any atom is 0.350 e. The number of aromatic nitrogens is 4. The van der Waals surface area contributed by atoms with Crippen molar-refractivity contribution in [2.24, 2.45) is 0 Å². The molecule has 0 spiro atoms. The number of hydrogen-bond donors (Lipinski definition) is 2. The van der Waals surface area contributed by atoms with Crippen LogP contribution in [0, 0.1) is 17.7 Å². The first-order valence-electron chi connectivity index (χ1n) is 7.05. The Balaban J connectivity index is 2.19. The van der Waals surface area contributed by atoms with Gasteiger partial charge in [-0.3, -0.25) is 4.98 Å². The Morgan fingerprint density at radius 3 is 2.79 bits per heavy atom. The molecule has 0 bridgehead atoms. The smallest absolute Gasteiger partial charge is 0.350 e. The van der Waals surface area contributed by atoms with E-state index in [1.165, 1.54) is 23.9 Å². The average Bonchev–Trinajstić information content (AvgIpc) is 2.95. The summed E-state index contributed by atoms with van der Waals surface area (Å²) in [7, 11) is 0. The summed E-state index contributed by atoms with van der Waals surface area (Å²) in [6.45, 7) is 1.37. The van der Waals surface area contributed by atoms with Gasteiger partial charge in [-0.05, 0) is 24.6 Å². The Morgan fingerprint density at radius 1 is 1.38 bits per heavy atom. The van der Waals surface area contributed by atoms with Crippen molar-refractivity contribution in [2.45, 2.75) is 18.7 Å². The Kier molecular flexibility index (Phi) is 4.64. The minimum atomic E-state index is -0.463. The van der Waals surface area contributed by atoms with Gasteiger partial charge < -0.3 is 5.11 Å². The fourth-order valence-corrected chi connectivity index (χ4v) is 2.90. The Labute approximate surface area is 140 Å². The van der Waals surface area contributed by atoms with Crippen LogP contribution in [0.4, 0.5) is 4.39 Å². The number of rotatable bonds is 4. The molecule has 0 fully saturated rings. The van der Waals surface area contributed by atoms with Crippen LogP contribution in [0.5, 0.6) is 0 Å². The molecule has 0 aliphatic carbocycles. The Bertz CT molecular complexity index is 999. The van der Waals surface area contributed by atoms with Crippen LogP contribution >= 0.6 is 11.8 Å². The van der Waals surface area contributed by atoms with E-state index in [4.69, 9.17) is 0 Å². The lowest BCUT2D eigenvalue weighted by atomic mass is 10.1. The van der Waals surface area contributed by atoms with Gasteiger partial charge in [-0.1, -0.05) is 29.8 Å². The molecule has 0 unspecified atom stereocenters. The molecule has 3 aromatic rings. The first-order chi connectivity index (χ1) is 11.6. The fourth-order valence-electron chi connectivity index (χ4n) is 2.23. The third kappa shape index (κ3) is 3.04. The summed E-state index contributed by atoms with van der Waals surface area (Å²) < 4.78 is 14.3. The predicted molar refractivity (Wildman–Crippen MR) is 89.1 cm³/mol. The largest absolute Gasteiger partial charge is 0.390 e. The standard InChI is InChI=1S/C16H13FN4O2S/c1-2-3-8-24-15-18-14-13(10-4-6-11(17)7-5-10)12(9-22)20-21(14)16(23)19-15/h4-7,22H,8-9H2,1H3,(H,18,19,23). The van der Waals surface area contributed by atoms with Crippen LogP contribution in [0.1, 0.15) is 12.6 Å². The van der Waals surface area contributed by atoms with Gasteiger partial charge in [0.1, 0.15) is 5.82 Å². The lowest BCUT2D eigenvalue weighted by Gasteiger charge is -2.02. The number of aromatic amines is 1. The lowest BCUT2D eigenvalue weighted by molar-refractivity contribution is 0.276.